The Morgan fingerprint density at radius 2 is 1.83 bits per heavy atom. The van der Waals surface area contributed by atoms with E-state index in [1.807, 2.05) is 0 Å². The Labute approximate surface area is 205 Å². The average Bonchev–Trinajstić information content (AvgIpc) is 3.44. The molecule has 0 atom stereocenters. The molecule has 4 aromatic rings. The number of hydrogen-bond donors (Lipinski definition) is 1. The number of halogens is 2. The van der Waals surface area contributed by atoms with Gasteiger partial charge in [-0.1, -0.05) is 6.07 Å². The molecule has 36 heavy (non-hydrogen) atoms. The minimum Gasteiger partial charge on any atom is -0.452 e. The topological polar surface area (TPSA) is 90.4 Å². The monoisotopic (exact) mass is 491 g/mol. The summed E-state index contributed by atoms with van der Waals surface area (Å²) in [5, 5.41) is 18.6. The van der Waals surface area contributed by atoms with Crippen molar-refractivity contribution in [2.24, 2.45) is 0 Å². The van der Waals surface area contributed by atoms with Gasteiger partial charge in [0.25, 0.3) is 0 Å². The summed E-state index contributed by atoms with van der Waals surface area (Å²) in [4.78, 5) is 13.0. The van der Waals surface area contributed by atoms with E-state index in [1.165, 1.54) is 6.07 Å². The molecule has 0 spiro atoms. The second-order valence-electron chi connectivity index (χ2n) is 9.27. The van der Waals surface area contributed by atoms with Crippen LogP contribution in [0.1, 0.15) is 48.0 Å². The van der Waals surface area contributed by atoms with Crippen LogP contribution in [0.15, 0.2) is 51.8 Å². The SMILES string of the molecule is Cc1nnc(C2=Cc3c(c(=O)c(C)cn3-c3cc(C(C)(C)O)ccc3Oc3ccc(F)cc3F)C2)o1. The number of aromatic nitrogens is 3. The van der Waals surface area contributed by atoms with Gasteiger partial charge in [-0.3, -0.25) is 4.79 Å². The smallest absolute Gasteiger partial charge is 0.244 e. The summed E-state index contributed by atoms with van der Waals surface area (Å²) in [5.74, 6) is -0.775. The molecule has 0 saturated carbocycles. The average molecular weight is 491 g/mol. The molecule has 1 aliphatic carbocycles. The van der Waals surface area contributed by atoms with Crippen molar-refractivity contribution in [3.8, 4) is 17.2 Å². The van der Waals surface area contributed by atoms with Crippen molar-refractivity contribution < 1.29 is 23.0 Å². The number of benzene rings is 2. The zero-order valence-corrected chi connectivity index (χ0v) is 20.1. The molecule has 0 bridgehead atoms. The molecular formula is C27H23F2N3O4. The zero-order valence-electron chi connectivity index (χ0n) is 20.1. The van der Waals surface area contributed by atoms with Crippen molar-refractivity contribution in [3.63, 3.8) is 0 Å². The van der Waals surface area contributed by atoms with E-state index in [2.05, 4.69) is 10.2 Å². The lowest BCUT2D eigenvalue weighted by molar-refractivity contribution is 0.0785. The predicted molar refractivity (Wildman–Crippen MR) is 129 cm³/mol. The summed E-state index contributed by atoms with van der Waals surface area (Å²) in [6, 6.07) is 8.03. The van der Waals surface area contributed by atoms with Crippen LogP contribution in [0.4, 0.5) is 8.78 Å². The normalized spacial score (nSPS) is 13.0. The maximum Gasteiger partial charge on any atom is 0.244 e. The Morgan fingerprint density at radius 1 is 1.08 bits per heavy atom. The van der Waals surface area contributed by atoms with E-state index < -0.39 is 17.2 Å². The van der Waals surface area contributed by atoms with Crippen LogP contribution < -0.4 is 10.2 Å². The largest absolute Gasteiger partial charge is 0.452 e. The number of pyridine rings is 1. The van der Waals surface area contributed by atoms with Gasteiger partial charge in [0, 0.05) is 42.3 Å². The van der Waals surface area contributed by atoms with Crippen LogP contribution in [0.3, 0.4) is 0 Å². The highest BCUT2D eigenvalue weighted by molar-refractivity contribution is 5.85. The maximum atomic E-state index is 14.4. The first-order valence-corrected chi connectivity index (χ1v) is 11.3. The van der Waals surface area contributed by atoms with E-state index in [0.717, 1.165) is 12.1 Å². The number of aryl methyl sites for hydroxylation is 2. The highest BCUT2D eigenvalue weighted by Crippen LogP contribution is 2.37. The van der Waals surface area contributed by atoms with Gasteiger partial charge in [-0.25, -0.2) is 8.78 Å². The summed E-state index contributed by atoms with van der Waals surface area (Å²) in [6.07, 6.45) is 3.75. The molecule has 7 nitrogen and oxygen atoms in total. The van der Waals surface area contributed by atoms with Crippen molar-refractivity contribution in [1.82, 2.24) is 14.8 Å². The third kappa shape index (κ3) is 4.22. The van der Waals surface area contributed by atoms with Crippen LogP contribution in [0.5, 0.6) is 11.5 Å². The summed E-state index contributed by atoms with van der Waals surface area (Å²) in [6.45, 7) is 6.67. The molecule has 0 saturated heterocycles. The van der Waals surface area contributed by atoms with Crippen LogP contribution in [0.25, 0.3) is 17.3 Å². The molecule has 1 N–H and O–H groups in total. The standard InChI is InChI=1S/C27H23F2N3O4/c1-14-13-32(21-10-16(9-19(21)25(14)33)26-31-30-15(2)35-26)22-11-17(27(3,4)34)5-7-24(22)36-23-8-6-18(28)12-20(23)29/h5-8,10-13,34H,9H2,1-4H3. The number of allylic oxidation sites excluding steroid dienone is 1. The van der Waals surface area contributed by atoms with E-state index in [-0.39, 0.29) is 16.9 Å². The zero-order chi connectivity index (χ0) is 25.8. The van der Waals surface area contributed by atoms with E-state index in [0.29, 0.717) is 51.8 Å². The van der Waals surface area contributed by atoms with E-state index in [4.69, 9.17) is 9.15 Å². The van der Waals surface area contributed by atoms with Gasteiger partial charge in [0.2, 0.25) is 11.8 Å². The van der Waals surface area contributed by atoms with Crippen LogP contribution in [0.2, 0.25) is 0 Å². The minimum atomic E-state index is -1.19. The Hall–Kier alpha value is -4.11. The lowest BCUT2D eigenvalue weighted by Gasteiger charge is -2.23. The van der Waals surface area contributed by atoms with Gasteiger partial charge in [-0.15, -0.1) is 10.2 Å². The van der Waals surface area contributed by atoms with Crippen LogP contribution in [-0.4, -0.2) is 19.9 Å². The van der Waals surface area contributed by atoms with Gasteiger partial charge in [-0.05, 0) is 56.7 Å². The van der Waals surface area contributed by atoms with E-state index in [9.17, 15) is 18.7 Å². The van der Waals surface area contributed by atoms with E-state index >= 15 is 0 Å². The van der Waals surface area contributed by atoms with Crippen molar-refractivity contribution >= 4 is 11.6 Å². The summed E-state index contributed by atoms with van der Waals surface area (Å²) < 4.78 is 41.1. The van der Waals surface area contributed by atoms with Gasteiger partial charge in [-0.2, -0.15) is 0 Å². The molecule has 184 valence electrons. The molecule has 5 rings (SSSR count). The molecular weight excluding hydrogens is 468 g/mol. The summed E-state index contributed by atoms with van der Waals surface area (Å²) in [5.41, 5.74) is 2.01. The number of fused-ring (bicyclic) bond motifs is 1. The highest BCUT2D eigenvalue weighted by Gasteiger charge is 2.27. The maximum absolute atomic E-state index is 14.4. The van der Waals surface area contributed by atoms with Gasteiger partial charge in [0.15, 0.2) is 22.7 Å². The number of rotatable bonds is 5. The Morgan fingerprint density at radius 3 is 2.50 bits per heavy atom. The fraction of sp³-hybridized carbons (Fsp3) is 0.222. The van der Waals surface area contributed by atoms with Crippen molar-refractivity contribution in [1.29, 1.82) is 0 Å². The first kappa shape index (κ1) is 23.6. The molecule has 2 aromatic carbocycles. The lowest BCUT2D eigenvalue weighted by Crippen LogP contribution is -2.19. The van der Waals surface area contributed by atoms with Crippen LogP contribution in [0, 0.1) is 25.5 Å². The summed E-state index contributed by atoms with van der Waals surface area (Å²) in [7, 11) is 0. The summed E-state index contributed by atoms with van der Waals surface area (Å²) >= 11 is 0. The molecule has 0 radical (unpaired) electrons. The first-order valence-electron chi connectivity index (χ1n) is 11.3. The second-order valence-corrected chi connectivity index (χ2v) is 9.27. The number of nitrogens with zero attached hydrogens (tertiary/aromatic N) is 3. The minimum absolute atomic E-state index is 0.116. The van der Waals surface area contributed by atoms with Gasteiger partial charge >= 0.3 is 0 Å². The lowest BCUT2D eigenvalue weighted by atomic mass is 9.97. The van der Waals surface area contributed by atoms with Gasteiger partial charge < -0.3 is 18.8 Å². The Bertz CT molecular complexity index is 1600. The molecule has 2 aromatic heterocycles. The fourth-order valence-electron chi connectivity index (χ4n) is 4.17. The fourth-order valence-corrected chi connectivity index (χ4v) is 4.17. The number of aliphatic hydroxyl groups is 1. The third-order valence-corrected chi connectivity index (χ3v) is 6.04. The predicted octanol–water partition coefficient (Wildman–Crippen LogP) is 5.23. The number of hydrogen-bond acceptors (Lipinski definition) is 6. The van der Waals surface area contributed by atoms with Crippen molar-refractivity contribution in [2.75, 3.05) is 0 Å². The Kier molecular flexibility index (Phi) is 5.60. The molecule has 9 heteroatoms. The molecule has 0 fully saturated rings. The highest BCUT2D eigenvalue weighted by atomic mass is 19.1. The van der Waals surface area contributed by atoms with Crippen molar-refractivity contribution in [2.45, 2.75) is 39.7 Å². The van der Waals surface area contributed by atoms with Gasteiger partial charge in [0.05, 0.1) is 17.0 Å². The molecule has 0 aliphatic heterocycles. The van der Waals surface area contributed by atoms with E-state index in [1.54, 1.807) is 62.7 Å². The van der Waals surface area contributed by atoms with Crippen LogP contribution >= 0.6 is 0 Å². The number of ether oxygens (including phenoxy) is 1. The molecule has 0 amide bonds. The van der Waals surface area contributed by atoms with Crippen molar-refractivity contribution in [3.05, 3.63) is 98.6 Å². The van der Waals surface area contributed by atoms with Crippen LogP contribution in [-0.2, 0) is 12.0 Å². The molecule has 2 heterocycles. The first-order chi connectivity index (χ1) is 17.0. The van der Waals surface area contributed by atoms with Gasteiger partial charge in [0.1, 0.15) is 5.82 Å². The molecule has 1 aliphatic rings. The third-order valence-electron chi connectivity index (χ3n) is 6.04. The Balaban J connectivity index is 1.72. The quantitative estimate of drug-likeness (QED) is 0.411. The second kappa shape index (κ2) is 8.53. The molecule has 0 unspecified atom stereocenters.